The molecule has 2 aliphatic heterocycles. The van der Waals surface area contributed by atoms with Gasteiger partial charge in [-0.05, 0) is 68.4 Å². The average molecular weight is 375 g/mol. The molecule has 2 unspecified atom stereocenters. The van der Waals surface area contributed by atoms with Gasteiger partial charge in [0.2, 0.25) is 0 Å². The van der Waals surface area contributed by atoms with E-state index >= 15 is 0 Å². The van der Waals surface area contributed by atoms with Crippen LogP contribution in [0.5, 0.6) is 5.75 Å². The van der Waals surface area contributed by atoms with Crippen molar-refractivity contribution < 1.29 is 5.11 Å². The van der Waals surface area contributed by atoms with Gasteiger partial charge in [-0.3, -0.25) is 4.98 Å². The number of hydrogen-bond acceptors (Lipinski definition) is 6. The molecule has 144 valence electrons. The van der Waals surface area contributed by atoms with E-state index in [4.69, 9.17) is 0 Å². The van der Waals surface area contributed by atoms with Gasteiger partial charge in [0.25, 0.3) is 0 Å². The molecule has 0 aliphatic carbocycles. The first-order valence-electron chi connectivity index (χ1n) is 9.96. The summed E-state index contributed by atoms with van der Waals surface area (Å²) < 4.78 is 0. The fourth-order valence-electron chi connectivity index (χ4n) is 4.87. The van der Waals surface area contributed by atoms with Gasteiger partial charge in [0.1, 0.15) is 5.75 Å². The minimum atomic E-state index is 0.209. The highest BCUT2D eigenvalue weighted by atomic mass is 16.3. The van der Waals surface area contributed by atoms with Gasteiger partial charge in [-0.2, -0.15) is 0 Å². The Labute approximate surface area is 164 Å². The number of anilines is 1. The van der Waals surface area contributed by atoms with Gasteiger partial charge in [0.05, 0.1) is 5.69 Å². The average Bonchev–Trinajstić information content (AvgIpc) is 2.93. The Morgan fingerprint density at radius 3 is 2.54 bits per heavy atom. The van der Waals surface area contributed by atoms with Crippen LogP contribution in [-0.4, -0.2) is 57.4 Å². The van der Waals surface area contributed by atoms with Gasteiger partial charge in [-0.1, -0.05) is 0 Å². The van der Waals surface area contributed by atoms with Gasteiger partial charge in [0, 0.05) is 48.5 Å². The van der Waals surface area contributed by atoms with Crippen molar-refractivity contribution in [3.05, 3.63) is 42.7 Å². The third-order valence-electron chi connectivity index (χ3n) is 6.66. The van der Waals surface area contributed by atoms with E-state index in [2.05, 4.69) is 39.1 Å². The number of aromatic hydroxyl groups is 1. The summed E-state index contributed by atoms with van der Waals surface area (Å²) in [7, 11) is 4.39. The van der Waals surface area contributed by atoms with Crippen molar-refractivity contribution in [2.75, 3.05) is 19.0 Å². The number of hydrogen-bond donors (Lipinski definition) is 1. The Hall–Kier alpha value is -2.73. The minimum absolute atomic E-state index is 0.209. The first-order valence-corrected chi connectivity index (χ1v) is 9.96. The third kappa shape index (κ3) is 2.88. The molecule has 2 atom stereocenters. The van der Waals surface area contributed by atoms with E-state index in [-0.39, 0.29) is 5.75 Å². The number of piperidine rings is 1. The highest BCUT2D eigenvalue weighted by Gasteiger charge is 2.39. The summed E-state index contributed by atoms with van der Waals surface area (Å²) in [6.07, 6.45) is 8.51. The molecule has 4 heterocycles. The number of rotatable bonds is 3. The number of aromatic nitrogens is 3. The molecule has 3 aromatic rings. The molecule has 28 heavy (non-hydrogen) atoms. The van der Waals surface area contributed by atoms with Crippen LogP contribution in [-0.2, 0) is 0 Å². The molecule has 6 nitrogen and oxygen atoms in total. The van der Waals surface area contributed by atoms with Gasteiger partial charge < -0.3 is 14.9 Å². The molecule has 2 aromatic heterocycles. The molecule has 5 rings (SSSR count). The number of phenolic OH excluding ortho intramolecular Hbond substituents is 1. The first-order chi connectivity index (χ1) is 13.6. The zero-order chi connectivity index (χ0) is 19.3. The molecular weight excluding hydrogens is 350 g/mol. The SMILES string of the molecule is CN(c1ccc(-c2cc3cnccc3cc2O)nn1)C1CC2CCC(C1)N2C. The number of benzene rings is 1. The second-order valence-electron chi connectivity index (χ2n) is 8.16. The topological polar surface area (TPSA) is 65.4 Å². The van der Waals surface area contributed by atoms with Crippen LogP contribution < -0.4 is 4.90 Å². The molecule has 0 spiro atoms. The molecule has 2 bridgehead atoms. The summed E-state index contributed by atoms with van der Waals surface area (Å²) in [5.74, 6) is 1.10. The standard InChI is InChI=1S/C22H25N5O/c1-26-16-3-4-17(26)12-18(11-16)27(2)22-6-5-20(24-25-22)19-9-15-13-23-8-7-14(15)10-21(19)28/h5-10,13,16-18,28H,3-4,11-12H2,1-2H3. The maximum atomic E-state index is 10.4. The second kappa shape index (κ2) is 6.71. The third-order valence-corrected chi connectivity index (χ3v) is 6.66. The fourth-order valence-corrected chi connectivity index (χ4v) is 4.87. The van der Waals surface area contributed by atoms with Crippen LogP contribution in [0.25, 0.3) is 22.0 Å². The van der Waals surface area contributed by atoms with E-state index in [0.29, 0.717) is 29.4 Å². The van der Waals surface area contributed by atoms with E-state index in [1.165, 1.54) is 25.7 Å². The van der Waals surface area contributed by atoms with E-state index in [0.717, 1.165) is 16.6 Å². The summed E-state index contributed by atoms with van der Waals surface area (Å²) in [6.45, 7) is 0. The van der Waals surface area contributed by atoms with E-state index in [9.17, 15) is 5.11 Å². The Kier molecular flexibility index (Phi) is 4.16. The quantitative estimate of drug-likeness (QED) is 0.756. The smallest absolute Gasteiger partial charge is 0.151 e. The van der Waals surface area contributed by atoms with Gasteiger partial charge in [0.15, 0.2) is 5.82 Å². The maximum Gasteiger partial charge on any atom is 0.151 e. The molecule has 6 heteroatoms. The minimum Gasteiger partial charge on any atom is -0.507 e. The summed E-state index contributed by atoms with van der Waals surface area (Å²) in [5.41, 5.74) is 1.35. The molecule has 0 radical (unpaired) electrons. The normalized spacial score (nSPS) is 24.6. The van der Waals surface area contributed by atoms with Crippen molar-refractivity contribution in [3.63, 3.8) is 0 Å². The summed E-state index contributed by atoms with van der Waals surface area (Å²) in [4.78, 5) is 8.99. The van der Waals surface area contributed by atoms with Crippen LogP contribution in [0, 0.1) is 0 Å². The maximum absolute atomic E-state index is 10.4. The number of nitrogens with zero attached hydrogens (tertiary/aromatic N) is 5. The van der Waals surface area contributed by atoms with Crippen LogP contribution in [0.2, 0.25) is 0 Å². The Morgan fingerprint density at radius 2 is 1.82 bits per heavy atom. The van der Waals surface area contributed by atoms with Crippen LogP contribution in [0.1, 0.15) is 25.7 Å². The van der Waals surface area contributed by atoms with E-state index in [1.807, 2.05) is 24.3 Å². The molecule has 1 N–H and O–H groups in total. The molecule has 0 saturated carbocycles. The number of fused-ring (bicyclic) bond motifs is 3. The van der Waals surface area contributed by atoms with Crippen molar-refractivity contribution in [1.29, 1.82) is 0 Å². The lowest BCUT2D eigenvalue weighted by molar-refractivity contribution is 0.160. The summed E-state index contributed by atoms with van der Waals surface area (Å²) in [6, 6.07) is 11.4. The predicted octanol–water partition coefficient (Wildman–Crippen LogP) is 3.46. The lowest BCUT2D eigenvalue weighted by Crippen LogP contribution is -2.48. The van der Waals surface area contributed by atoms with E-state index in [1.54, 1.807) is 18.5 Å². The second-order valence-corrected chi connectivity index (χ2v) is 8.16. The largest absolute Gasteiger partial charge is 0.507 e. The Morgan fingerprint density at radius 1 is 1.04 bits per heavy atom. The molecule has 2 saturated heterocycles. The number of phenols is 1. The Balaban J connectivity index is 1.39. The molecular formula is C22H25N5O. The lowest BCUT2D eigenvalue weighted by Gasteiger charge is -2.40. The van der Waals surface area contributed by atoms with Crippen molar-refractivity contribution in [3.8, 4) is 17.0 Å². The van der Waals surface area contributed by atoms with Crippen LogP contribution in [0.15, 0.2) is 42.7 Å². The van der Waals surface area contributed by atoms with Crippen LogP contribution in [0.4, 0.5) is 5.82 Å². The summed E-state index contributed by atoms with van der Waals surface area (Å²) in [5, 5.41) is 21.3. The van der Waals surface area contributed by atoms with Crippen LogP contribution in [0.3, 0.4) is 0 Å². The highest BCUT2D eigenvalue weighted by molar-refractivity contribution is 5.89. The number of pyridine rings is 1. The summed E-state index contributed by atoms with van der Waals surface area (Å²) >= 11 is 0. The molecule has 0 amide bonds. The molecule has 1 aromatic carbocycles. The highest BCUT2D eigenvalue weighted by Crippen LogP contribution is 2.37. The van der Waals surface area contributed by atoms with Crippen LogP contribution >= 0.6 is 0 Å². The Bertz CT molecular complexity index is 991. The van der Waals surface area contributed by atoms with Crippen molar-refractivity contribution >= 4 is 16.6 Å². The van der Waals surface area contributed by atoms with E-state index < -0.39 is 0 Å². The van der Waals surface area contributed by atoms with Crippen molar-refractivity contribution in [1.82, 2.24) is 20.1 Å². The van der Waals surface area contributed by atoms with Gasteiger partial charge in [-0.25, -0.2) is 0 Å². The zero-order valence-electron chi connectivity index (χ0n) is 16.3. The van der Waals surface area contributed by atoms with Gasteiger partial charge >= 0.3 is 0 Å². The van der Waals surface area contributed by atoms with Crippen molar-refractivity contribution in [2.45, 2.75) is 43.8 Å². The monoisotopic (exact) mass is 375 g/mol. The fraction of sp³-hybridized carbons (Fsp3) is 0.409. The lowest BCUT2D eigenvalue weighted by atomic mass is 9.97. The van der Waals surface area contributed by atoms with Crippen molar-refractivity contribution in [2.24, 2.45) is 0 Å². The predicted molar refractivity (Wildman–Crippen MR) is 110 cm³/mol. The molecule has 2 fully saturated rings. The zero-order valence-corrected chi connectivity index (χ0v) is 16.3. The first kappa shape index (κ1) is 17.4. The molecule has 2 aliphatic rings. The van der Waals surface area contributed by atoms with Gasteiger partial charge in [-0.15, -0.1) is 10.2 Å².